The molecule has 1 atom stereocenters. The number of nitrogens with zero attached hydrogens (tertiary/aromatic N) is 2. The predicted molar refractivity (Wildman–Crippen MR) is 98.4 cm³/mol. The van der Waals surface area contributed by atoms with Crippen LogP contribution in [0.2, 0.25) is 0 Å². The van der Waals surface area contributed by atoms with Gasteiger partial charge in [0.25, 0.3) is 5.91 Å². The standard InChI is InChI=1S/C18H21N3O4S/c1-10(2)14(7-22)21-18(23)15-8-25-17(20-15)9-24-12-4-5-16-13(6-12)19-11(3)26-16/h4-6,8,10,14,22H,7,9H2,1-3H3,(H,21,23)/t14-/m1/s1. The van der Waals surface area contributed by atoms with E-state index in [1.54, 1.807) is 11.3 Å². The van der Waals surface area contributed by atoms with E-state index >= 15 is 0 Å². The molecule has 138 valence electrons. The first-order valence-corrected chi connectivity index (χ1v) is 9.14. The molecule has 0 unspecified atom stereocenters. The fourth-order valence-corrected chi connectivity index (χ4v) is 3.21. The summed E-state index contributed by atoms with van der Waals surface area (Å²) in [6.07, 6.45) is 1.29. The third kappa shape index (κ3) is 4.20. The summed E-state index contributed by atoms with van der Waals surface area (Å²) >= 11 is 1.63. The van der Waals surface area contributed by atoms with E-state index in [1.807, 2.05) is 39.0 Å². The summed E-state index contributed by atoms with van der Waals surface area (Å²) in [5, 5.41) is 13.0. The van der Waals surface area contributed by atoms with Gasteiger partial charge in [-0.2, -0.15) is 0 Å². The Hall–Kier alpha value is -2.45. The minimum atomic E-state index is -0.382. The van der Waals surface area contributed by atoms with E-state index < -0.39 is 0 Å². The number of amides is 1. The number of thiazole rings is 1. The number of fused-ring (bicyclic) bond motifs is 1. The molecule has 2 heterocycles. The SMILES string of the molecule is Cc1nc2cc(OCc3nc(C(=O)N[C@H](CO)C(C)C)co3)ccc2s1. The molecule has 2 N–H and O–H groups in total. The van der Waals surface area contributed by atoms with Crippen LogP contribution >= 0.6 is 11.3 Å². The van der Waals surface area contributed by atoms with Crippen molar-refractivity contribution in [2.24, 2.45) is 5.92 Å². The fourth-order valence-electron chi connectivity index (χ4n) is 2.40. The van der Waals surface area contributed by atoms with E-state index in [-0.39, 0.29) is 36.8 Å². The topological polar surface area (TPSA) is 97.5 Å². The van der Waals surface area contributed by atoms with Gasteiger partial charge in [0.2, 0.25) is 5.89 Å². The number of carbonyl (C=O) groups excluding carboxylic acids is 1. The highest BCUT2D eigenvalue weighted by molar-refractivity contribution is 7.18. The van der Waals surface area contributed by atoms with Gasteiger partial charge in [-0.15, -0.1) is 11.3 Å². The molecule has 3 aromatic rings. The molecule has 0 aliphatic heterocycles. The molecule has 3 rings (SSSR count). The molecular formula is C18H21N3O4S. The number of aryl methyl sites for hydroxylation is 1. The van der Waals surface area contributed by atoms with Crippen LogP contribution in [-0.2, 0) is 6.61 Å². The first-order chi connectivity index (χ1) is 12.5. The van der Waals surface area contributed by atoms with E-state index in [2.05, 4.69) is 15.3 Å². The minimum Gasteiger partial charge on any atom is -0.484 e. The Balaban J connectivity index is 1.61. The summed E-state index contributed by atoms with van der Waals surface area (Å²) in [4.78, 5) is 20.7. The zero-order valence-electron chi connectivity index (χ0n) is 14.9. The van der Waals surface area contributed by atoms with Gasteiger partial charge in [-0.3, -0.25) is 4.79 Å². The summed E-state index contributed by atoms with van der Waals surface area (Å²) in [5.41, 5.74) is 1.05. The lowest BCUT2D eigenvalue weighted by molar-refractivity contribution is 0.0891. The average Bonchev–Trinajstić information content (AvgIpc) is 3.22. The second-order valence-electron chi connectivity index (χ2n) is 6.28. The Kier molecular flexibility index (Phi) is 5.53. The Bertz CT molecular complexity index is 903. The van der Waals surface area contributed by atoms with Gasteiger partial charge < -0.3 is 19.6 Å². The van der Waals surface area contributed by atoms with Gasteiger partial charge in [0.15, 0.2) is 12.3 Å². The molecule has 7 nitrogen and oxygen atoms in total. The van der Waals surface area contributed by atoms with Crippen molar-refractivity contribution >= 4 is 27.5 Å². The van der Waals surface area contributed by atoms with Crippen LogP contribution < -0.4 is 10.1 Å². The average molecular weight is 375 g/mol. The number of hydrogen-bond acceptors (Lipinski definition) is 7. The number of oxazole rings is 1. The third-order valence-corrected chi connectivity index (χ3v) is 4.88. The van der Waals surface area contributed by atoms with Crippen molar-refractivity contribution in [2.45, 2.75) is 33.4 Å². The maximum Gasteiger partial charge on any atom is 0.273 e. The normalized spacial score (nSPS) is 12.5. The lowest BCUT2D eigenvalue weighted by Gasteiger charge is -2.18. The van der Waals surface area contributed by atoms with Crippen LogP contribution in [0.3, 0.4) is 0 Å². The van der Waals surface area contributed by atoms with Crippen LogP contribution in [0.15, 0.2) is 28.9 Å². The number of aliphatic hydroxyl groups excluding tert-OH is 1. The molecule has 26 heavy (non-hydrogen) atoms. The zero-order chi connectivity index (χ0) is 18.7. The Morgan fingerprint density at radius 3 is 2.92 bits per heavy atom. The molecular weight excluding hydrogens is 354 g/mol. The molecule has 0 spiro atoms. The summed E-state index contributed by atoms with van der Waals surface area (Å²) in [6.45, 7) is 5.78. The smallest absolute Gasteiger partial charge is 0.273 e. The number of carbonyl (C=O) groups is 1. The van der Waals surface area contributed by atoms with Crippen LogP contribution in [-0.4, -0.2) is 33.6 Å². The second kappa shape index (κ2) is 7.84. The number of benzene rings is 1. The van der Waals surface area contributed by atoms with Gasteiger partial charge in [-0.1, -0.05) is 13.8 Å². The molecule has 8 heteroatoms. The van der Waals surface area contributed by atoms with Crippen LogP contribution in [0, 0.1) is 12.8 Å². The molecule has 2 aromatic heterocycles. The molecule has 0 saturated carbocycles. The maximum atomic E-state index is 12.2. The van der Waals surface area contributed by atoms with Gasteiger partial charge in [-0.05, 0) is 25.0 Å². The van der Waals surface area contributed by atoms with E-state index in [0.29, 0.717) is 11.6 Å². The van der Waals surface area contributed by atoms with Crippen molar-refractivity contribution in [3.63, 3.8) is 0 Å². The third-order valence-electron chi connectivity index (χ3n) is 3.93. The number of rotatable bonds is 7. The van der Waals surface area contributed by atoms with Gasteiger partial charge in [-0.25, -0.2) is 9.97 Å². The highest BCUT2D eigenvalue weighted by Gasteiger charge is 2.19. The lowest BCUT2D eigenvalue weighted by Crippen LogP contribution is -2.41. The Morgan fingerprint density at radius 1 is 1.38 bits per heavy atom. The van der Waals surface area contributed by atoms with Crippen molar-refractivity contribution in [3.8, 4) is 5.75 Å². The number of aliphatic hydroxyl groups is 1. The van der Waals surface area contributed by atoms with E-state index in [0.717, 1.165) is 15.2 Å². The molecule has 0 saturated heterocycles. The molecule has 0 aliphatic rings. The van der Waals surface area contributed by atoms with Crippen molar-refractivity contribution in [3.05, 3.63) is 41.1 Å². The van der Waals surface area contributed by atoms with Gasteiger partial charge in [0, 0.05) is 6.07 Å². The Morgan fingerprint density at radius 2 is 2.19 bits per heavy atom. The summed E-state index contributed by atoms with van der Waals surface area (Å²) < 4.78 is 12.1. The van der Waals surface area contributed by atoms with Crippen molar-refractivity contribution < 1.29 is 19.1 Å². The van der Waals surface area contributed by atoms with Crippen LogP contribution in [0.5, 0.6) is 5.75 Å². The molecule has 1 aromatic carbocycles. The first-order valence-electron chi connectivity index (χ1n) is 8.32. The van der Waals surface area contributed by atoms with Crippen molar-refractivity contribution in [1.82, 2.24) is 15.3 Å². The highest BCUT2D eigenvalue weighted by atomic mass is 32.1. The predicted octanol–water partition coefficient (Wildman–Crippen LogP) is 2.92. The summed E-state index contributed by atoms with van der Waals surface area (Å²) in [5.74, 6) is 0.692. The summed E-state index contributed by atoms with van der Waals surface area (Å²) in [7, 11) is 0. The quantitative estimate of drug-likeness (QED) is 0.659. The largest absolute Gasteiger partial charge is 0.484 e. The first kappa shape index (κ1) is 18.3. The van der Waals surface area contributed by atoms with Crippen molar-refractivity contribution in [2.75, 3.05) is 6.61 Å². The van der Waals surface area contributed by atoms with Crippen LogP contribution in [0.1, 0.15) is 35.2 Å². The molecule has 0 bridgehead atoms. The van der Waals surface area contributed by atoms with Gasteiger partial charge >= 0.3 is 0 Å². The number of aromatic nitrogens is 2. The zero-order valence-corrected chi connectivity index (χ0v) is 15.7. The van der Waals surface area contributed by atoms with Crippen LogP contribution in [0.25, 0.3) is 10.2 Å². The molecule has 0 fully saturated rings. The molecule has 0 aliphatic carbocycles. The lowest BCUT2D eigenvalue weighted by atomic mass is 10.1. The monoisotopic (exact) mass is 375 g/mol. The maximum absolute atomic E-state index is 12.2. The molecule has 0 radical (unpaired) electrons. The second-order valence-corrected chi connectivity index (χ2v) is 7.52. The number of hydrogen-bond donors (Lipinski definition) is 2. The van der Waals surface area contributed by atoms with E-state index in [1.165, 1.54) is 6.26 Å². The number of nitrogens with one attached hydrogen (secondary N) is 1. The summed E-state index contributed by atoms with van der Waals surface area (Å²) in [6, 6.07) is 5.37. The minimum absolute atomic E-state index is 0.107. The van der Waals surface area contributed by atoms with Crippen LogP contribution in [0.4, 0.5) is 0 Å². The Labute approximate surface area is 155 Å². The van der Waals surface area contributed by atoms with E-state index in [4.69, 9.17) is 9.15 Å². The van der Waals surface area contributed by atoms with Gasteiger partial charge in [0.05, 0.1) is 27.9 Å². The van der Waals surface area contributed by atoms with Gasteiger partial charge in [0.1, 0.15) is 12.0 Å². The molecule has 1 amide bonds. The van der Waals surface area contributed by atoms with Crippen molar-refractivity contribution in [1.29, 1.82) is 0 Å². The highest BCUT2D eigenvalue weighted by Crippen LogP contribution is 2.25. The number of ether oxygens (including phenoxy) is 1. The fraction of sp³-hybridized carbons (Fsp3) is 0.389. The van der Waals surface area contributed by atoms with E-state index in [9.17, 15) is 9.90 Å².